The molecule has 0 spiro atoms. The van der Waals surface area contributed by atoms with E-state index in [0.29, 0.717) is 5.69 Å². The Balaban J connectivity index is 2.01. The van der Waals surface area contributed by atoms with Gasteiger partial charge in [0, 0.05) is 9.75 Å². The Morgan fingerprint density at radius 3 is 2.57 bits per heavy atom. The van der Waals surface area contributed by atoms with Gasteiger partial charge >= 0.3 is 0 Å². The first-order valence-corrected chi connectivity index (χ1v) is 8.53. The molecule has 0 radical (unpaired) electrons. The third kappa shape index (κ3) is 3.12. The average molecular weight is 338 g/mol. The second kappa shape index (κ2) is 6.18. The first kappa shape index (κ1) is 14.6. The summed E-state index contributed by atoms with van der Waals surface area (Å²) in [5, 5.41) is 5.36. The van der Waals surface area contributed by atoms with Crippen molar-refractivity contribution in [1.29, 1.82) is 0 Å². The van der Waals surface area contributed by atoms with Gasteiger partial charge in [0.2, 0.25) is 0 Å². The van der Waals surface area contributed by atoms with Crippen LogP contribution in [0.15, 0.2) is 47.8 Å². The summed E-state index contributed by atoms with van der Waals surface area (Å²) < 4.78 is 14.8. The van der Waals surface area contributed by atoms with E-state index in [-0.39, 0.29) is 11.9 Å². The maximum Gasteiger partial charge on any atom is 0.146 e. The summed E-state index contributed by atoms with van der Waals surface area (Å²) in [6.07, 6.45) is 0. The number of para-hydroxylation sites is 1. The highest BCUT2D eigenvalue weighted by Gasteiger charge is 2.19. The molecular formula is C16H13ClFNS2. The van der Waals surface area contributed by atoms with Crippen molar-refractivity contribution in [2.75, 3.05) is 5.32 Å². The van der Waals surface area contributed by atoms with E-state index in [1.165, 1.54) is 17.4 Å². The molecule has 0 aliphatic rings. The molecule has 5 heteroatoms. The highest BCUT2D eigenvalue weighted by atomic mass is 35.5. The zero-order chi connectivity index (χ0) is 14.8. The average Bonchev–Trinajstić information content (AvgIpc) is 3.10. The summed E-state index contributed by atoms with van der Waals surface area (Å²) in [5.74, 6) is -0.237. The standard InChI is InChI=1S/C16H13ClFNS2/c1-10-4-2-5-11(18)15(10)19-16(12-6-3-9-20-12)13-7-8-14(17)21-13/h2-9,16,19H,1H3. The molecule has 1 aromatic carbocycles. The summed E-state index contributed by atoms with van der Waals surface area (Å²) in [6.45, 7) is 1.90. The Morgan fingerprint density at radius 1 is 1.10 bits per heavy atom. The lowest BCUT2D eigenvalue weighted by Crippen LogP contribution is -2.11. The predicted octanol–water partition coefficient (Wildman–Crippen LogP) is 6.11. The van der Waals surface area contributed by atoms with Crippen molar-refractivity contribution < 1.29 is 4.39 Å². The van der Waals surface area contributed by atoms with Crippen molar-refractivity contribution in [2.45, 2.75) is 13.0 Å². The van der Waals surface area contributed by atoms with Gasteiger partial charge in [0.15, 0.2) is 0 Å². The van der Waals surface area contributed by atoms with Crippen LogP contribution in [0.1, 0.15) is 21.4 Å². The molecule has 3 rings (SSSR count). The van der Waals surface area contributed by atoms with Gasteiger partial charge in [0.25, 0.3) is 0 Å². The molecule has 0 bridgehead atoms. The number of nitrogens with one attached hydrogen (secondary N) is 1. The van der Waals surface area contributed by atoms with E-state index in [9.17, 15) is 4.39 Å². The molecule has 21 heavy (non-hydrogen) atoms. The van der Waals surface area contributed by atoms with Crippen LogP contribution in [0.3, 0.4) is 0 Å². The lowest BCUT2D eigenvalue weighted by atomic mass is 10.1. The predicted molar refractivity (Wildman–Crippen MR) is 90.3 cm³/mol. The number of rotatable bonds is 4. The molecule has 0 amide bonds. The van der Waals surface area contributed by atoms with Crippen molar-refractivity contribution in [2.24, 2.45) is 0 Å². The maximum atomic E-state index is 14.1. The lowest BCUT2D eigenvalue weighted by molar-refractivity contribution is 0.628. The van der Waals surface area contributed by atoms with Gasteiger partial charge in [-0.05, 0) is 42.1 Å². The number of aryl methyl sites for hydroxylation is 1. The minimum atomic E-state index is -0.237. The van der Waals surface area contributed by atoms with Gasteiger partial charge in [-0.25, -0.2) is 4.39 Å². The molecule has 2 heterocycles. The summed E-state index contributed by atoms with van der Waals surface area (Å²) in [5.41, 5.74) is 1.43. The van der Waals surface area contributed by atoms with E-state index in [0.717, 1.165) is 19.7 Å². The van der Waals surface area contributed by atoms with E-state index in [4.69, 9.17) is 11.6 Å². The Morgan fingerprint density at radius 2 is 1.95 bits per heavy atom. The van der Waals surface area contributed by atoms with E-state index in [1.807, 2.05) is 42.6 Å². The zero-order valence-electron chi connectivity index (χ0n) is 11.3. The second-order valence-electron chi connectivity index (χ2n) is 4.67. The highest BCUT2D eigenvalue weighted by molar-refractivity contribution is 7.16. The van der Waals surface area contributed by atoms with Gasteiger partial charge in [-0.3, -0.25) is 0 Å². The van der Waals surface area contributed by atoms with E-state index in [2.05, 4.69) is 5.32 Å². The monoisotopic (exact) mass is 337 g/mol. The minimum Gasteiger partial charge on any atom is -0.370 e. The number of thiophene rings is 2. The first-order chi connectivity index (χ1) is 10.1. The molecule has 1 atom stereocenters. The number of benzene rings is 1. The van der Waals surface area contributed by atoms with Gasteiger partial charge in [-0.15, -0.1) is 22.7 Å². The summed E-state index contributed by atoms with van der Waals surface area (Å²) >= 11 is 9.21. The SMILES string of the molecule is Cc1cccc(F)c1NC(c1cccs1)c1ccc(Cl)s1. The summed E-state index contributed by atoms with van der Waals surface area (Å²) in [6, 6.07) is 12.9. The smallest absolute Gasteiger partial charge is 0.146 e. The fourth-order valence-corrected chi connectivity index (χ4v) is 4.18. The minimum absolute atomic E-state index is 0.0851. The van der Waals surface area contributed by atoms with Gasteiger partial charge in [-0.1, -0.05) is 29.8 Å². The van der Waals surface area contributed by atoms with Gasteiger partial charge in [-0.2, -0.15) is 0 Å². The molecule has 0 aliphatic carbocycles. The molecule has 0 saturated carbocycles. The molecule has 2 aromatic heterocycles. The molecule has 1 N–H and O–H groups in total. The Labute approximate surface area is 136 Å². The van der Waals surface area contributed by atoms with Crippen LogP contribution in [0.2, 0.25) is 4.34 Å². The number of hydrogen-bond donors (Lipinski definition) is 1. The zero-order valence-corrected chi connectivity index (χ0v) is 13.7. The van der Waals surface area contributed by atoms with Gasteiger partial charge in [0.1, 0.15) is 5.82 Å². The topological polar surface area (TPSA) is 12.0 Å². The van der Waals surface area contributed by atoms with Gasteiger partial charge in [0.05, 0.1) is 16.1 Å². The lowest BCUT2D eigenvalue weighted by Gasteiger charge is -2.19. The fourth-order valence-electron chi connectivity index (χ4n) is 2.18. The number of hydrogen-bond acceptors (Lipinski definition) is 3. The Bertz CT molecular complexity index is 716. The number of halogens is 2. The van der Waals surface area contributed by atoms with Crippen LogP contribution in [0, 0.1) is 12.7 Å². The molecule has 0 fully saturated rings. The van der Waals surface area contributed by atoms with E-state index < -0.39 is 0 Å². The van der Waals surface area contributed by atoms with E-state index in [1.54, 1.807) is 17.4 Å². The quantitative estimate of drug-likeness (QED) is 0.605. The van der Waals surface area contributed by atoms with Gasteiger partial charge < -0.3 is 5.32 Å². The van der Waals surface area contributed by atoms with Crippen LogP contribution in [0.5, 0.6) is 0 Å². The van der Waals surface area contributed by atoms with Crippen LogP contribution < -0.4 is 5.32 Å². The molecular weight excluding hydrogens is 325 g/mol. The Hall–Kier alpha value is -1.36. The maximum absolute atomic E-state index is 14.1. The van der Waals surface area contributed by atoms with Crippen LogP contribution in [-0.2, 0) is 0 Å². The van der Waals surface area contributed by atoms with Crippen molar-refractivity contribution in [3.8, 4) is 0 Å². The molecule has 1 unspecified atom stereocenters. The third-order valence-electron chi connectivity index (χ3n) is 3.22. The summed E-state index contributed by atoms with van der Waals surface area (Å²) in [7, 11) is 0. The normalized spacial score (nSPS) is 12.3. The van der Waals surface area contributed by atoms with Crippen LogP contribution in [0.25, 0.3) is 0 Å². The second-order valence-corrected chi connectivity index (χ2v) is 7.39. The van der Waals surface area contributed by atoms with Crippen molar-refractivity contribution in [3.63, 3.8) is 0 Å². The molecule has 0 saturated heterocycles. The van der Waals surface area contributed by atoms with Crippen LogP contribution in [0.4, 0.5) is 10.1 Å². The molecule has 108 valence electrons. The summed E-state index contributed by atoms with van der Waals surface area (Å²) in [4.78, 5) is 2.21. The van der Waals surface area contributed by atoms with Crippen LogP contribution >= 0.6 is 34.3 Å². The largest absolute Gasteiger partial charge is 0.370 e. The number of anilines is 1. The molecule has 1 nitrogen and oxygen atoms in total. The Kier molecular flexibility index (Phi) is 4.29. The van der Waals surface area contributed by atoms with Crippen molar-refractivity contribution in [3.05, 3.63) is 73.3 Å². The van der Waals surface area contributed by atoms with E-state index >= 15 is 0 Å². The van der Waals surface area contributed by atoms with Crippen molar-refractivity contribution >= 4 is 40.0 Å². The van der Waals surface area contributed by atoms with Crippen molar-refractivity contribution in [1.82, 2.24) is 0 Å². The molecule has 0 aliphatic heterocycles. The highest BCUT2D eigenvalue weighted by Crippen LogP contribution is 2.36. The molecule has 3 aromatic rings. The van der Waals surface area contributed by atoms with Crippen LogP contribution in [-0.4, -0.2) is 0 Å². The third-order valence-corrected chi connectivity index (χ3v) is 5.45. The fraction of sp³-hybridized carbons (Fsp3) is 0.125. The first-order valence-electron chi connectivity index (χ1n) is 6.45.